The highest BCUT2D eigenvalue weighted by molar-refractivity contribution is 7.86. The Balaban J connectivity index is 0.000000605. The highest BCUT2D eigenvalue weighted by Crippen LogP contribution is 1.99. The maximum absolute atomic E-state index is 9.60. The fraction of sp³-hybridized carbons (Fsp3) is 0.391. The topological polar surface area (TPSA) is 122 Å². The van der Waals surface area contributed by atoms with Crippen LogP contribution in [-0.4, -0.2) is 37.4 Å². The first-order valence-electron chi connectivity index (χ1n) is 10.2. The first-order valence-corrected chi connectivity index (χ1v) is 13.3. The summed E-state index contributed by atoms with van der Waals surface area (Å²) in [6.07, 6.45) is 12.2. The highest BCUT2D eigenvalue weighted by atomic mass is 32.2. The van der Waals surface area contributed by atoms with E-state index in [1.807, 2.05) is 0 Å². The van der Waals surface area contributed by atoms with E-state index < -0.39 is 31.7 Å². The lowest BCUT2D eigenvalue weighted by molar-refractivity contribution is -0.727. The zero-order valence-electron chi connectivity index (χ0n) is 19.7. The Morgan fingerprint density at radius 1 is 0.697 bits per heavy atom. The number of pyridine rings is 2. The SMILES string of the molecule is C=CCS(=O)(=O)[O-].C=CCS(=O)(=O)[O-].Cc1cc(C)c[n+](CCC[n+]2cc(C)cc(C)c2)c1. The molecule has 0 fully saturated rings. The summed E-state index contributed by atoms with van der Waals surface area (Å²) in [5.74, 6) is -0.958. The van der Waals surface area contributed by atoms with Crippen LogP contribution in [0, 0.1) is 27.7 Å². The Labute approximate surface area is 198 Å². The molecule has 2 rings (SSSR count). The first kappa shape index (κ1) is 30.6. The fourth-order valence-electron chi connectivity index (χ4n) is 2.97. The molecule has 0 saturated carbocycles. The standard InChI is InChI=1S/C17H24N2.2C3H6O3S/c1-14-8-15(2)11-18(10-14)6-5-7-19-12-16(3)9-17(4)13-19;2*1-2-3-7(4,5)6/h8-13H,5-7H2,1-4H3;2*2H,1,3H2,(H,4,5,6)/q+2;;/p-2. The van der Waals surface area contributed by atoms with Crippen molar-refractivity contribution in [1.29, 1.82) is 0 Å². The Hall–Kier alpha value is -2.40. The number of hydrogen-bond acceptors (Lipinski definition) is 6. The number of nitrogens with zero attached hydrogens (tertiary/aromatic N) is 2. The highest BCUT2D eigenvalue weighted by Gasteiger charge is 2.07. The third-order valence-electron chi connectivity index (χ3n) is 3.87. The van der Waals surface area contributed by atoms with Gasteiger partial charge in [0.15, 0.2) is 37.9 Å². The fourth-order valence-corrected chi connectivity index (χ4v) is 3.55. The van der Waals surface area contributed by atoms with Gasteiger partial charge in [0.1, 0.15) is 0 Å². The summed E-state index contributed by atoms with van der Waals surface area (Å²) in [7, 11) is -8.08. The van der Waals surface area contributed by atoms with Gasteiger partial charge in [-0.2, -0.15) is 0 Å². The molecule has 0 spiro atoms. The Kier molecular flexibility index (Phi) is 13.6. The minimum absolute atomic E-state index is 0.479. The van der Waals surface area contributed by atoms with E-state index in [1.165, 1.54) is 22.3 Å². The van der Waals surface area contributed by atoms with E-state index >= 15 is 0 Å². The second kappa shape index (κ2) is 14.7. The lowest BCUT2D eigenvalue weighted by Gasteiger charge is -2.01. The Morgan fingerprint density at radius 3 is 1.15 bits per heavy atom. The molecule has 0 radical (unpaired) electrons. The van der Waals surface area contributed by atoms with Crippen LogP contribution in [0.5, 0.6) is 0 Å². The first-order chi connectivity index (χ1) is 15.1. The minimum Gasteiger partial charge on any atom is -0.748 e. The molecule has 0 atom stereocenters. The number of hydrogen-bond donors (Lipinski definition) is 0. The largest absolute Gasteiger partial charge is 0.748 e. The lowest BCUT2D eigenvalue weighted by atomic mass is 10.2. The molecule has 2 heterocycles. The summed E-state index contributed by atoms with van der Waals surface area (Å²) in [5.41, 5.74) is 5.33. The van der Waals surface area contributed by atoms with Crippen LogP contribution in [0.15, 0.2) is 62.2 Å². The second-order valence-corrected chi connectivity index (χ2v) is 10.5. The molecule has 0 aliphatic rings. The molecule has 2 aromatic heterocycles. The zero-order valence-corrected chi connectivity index (χ0v) is 21.4. The molecule has 33 heavy (non-hydrogen) atoms. The van der Waals surface area contributed by atoms with Crippen molar-refractivity contribution in [3.63, 3.8) is 0 Å². The summed E-state index contributed by atoms with van der Waals surface area (Å²) < 4.78 is 62.2. The molecule has 184 valence electrons. The maximum Gasteiger partial charge on any atom is 0.171 e. The van der Waals surface area contributed by atoms with E-state index in [4.69, 9.17) is 0 Å². The van der Waals surface area contributed by atoms with Gasteiger partial charge in [-0.15, -0.1) is 13.2 Å². The van der Waals surface area contributed by atoms with Crippen molar-refractivity contribution in [2.24, 2.45) is 0 Å². The van der Waals surface area contributed by atoms with Crippen LogP contribution < -0.4 is 9.13 Å². The molecule has 0 aromatic carbocycles. The van der Waals surface area contributed by atoms with Gasteiger partial charge in [-0.3, -0.25) is 0 Å². The van der Waals surface area contributed by atoms with Crippen LogP contribution in [0.2, 0.25) is 0 Å². The van der Waals surface area contributed by atoms with E-state index in [0.717, 1.165) is 31.7 Å². The van der Waals surface area contributed by atoms with Crippen molar-refractivity contribution in [1.82, 2.24) is 0 Å². The molecule has 0 N–H and O–H groups in total. The van der Waals surface area contributed by atoms with Crippen molar-refractivity contribution < 1.29 is 35.1 Å². The third-order valence-corrected chi connectivity index (χ3v) is 5.15. The minimum atomic E-state index is -4.04. The van der Waals surface area contributed by atoms with E-state index in [2.05, 4.69) is 86.9 Å². The summed E-state index contributed by atoms with van der Waals surface area (Å²) in [5, 5.41) is 0. The van der Waals surface area contributed by atoms with Crippen molar-refractivity contribution in [3.8, 4) is 0 Å². The van der Waals surface area contributed by atoms with Gasteiger partial charge in [0.2, 0.25) is 0 Å². The average Bonchev–Trinajstić information content (AvgIpc) is 2.59. The molecule has 0 aliphatic heterocycles. The van der Waals surface area contributed by atoms with Gasteiger partial charge >= 0.3 is 0 Å². The van der Waals surface area contributed by atoms with Crippen molar-refractivity contribution in [3.05, 3.63) is 84.5 Å². The molecular formula is C23H34N2O6S2. The summed E-state index contributed by atoms with van der Waals surface area (Å²) >= 11 is 0. The quantitative estimate of drug-likeness (QED) is 0.312. The van der Waals surface area contributed by atoms with Gasteiger partial charge in [-0.25, -0.2) is 26.0 Å². The van der Waals surface area contributed by atoms with Crippen LogP contribution in [0.1, 0.15) is 28.7 Å². The van der Waals surface area contributed by atoms with E-state index in [9.17, 15) is 25.9 Å². The molecule has 10 heteroatoms. The predicted molar refractivity (Wildman–Crippen MR) is 126 cm³/mol. The molecule has 8 nitrogen and oxygen atoms in total. The van der Waals surface area contributed by atoms with E-state index in [-0.39, 0.29) is 0 Å². The van der Waals surface area contributed by atoms with Crippen molar-refractivity contribution >= 4 is 20.2 Å². The number of aromatic nitrogens is 2. The molecule has 0 amide bonds. The summed E-state index contributed by atoms with van der Waals surface area (Å²) in [6.45, 7) is 16.9. The van der Waals surface area contributed by atoms with Crippen molar-refractivity contribution in [2.75, 3.05) is 11.5 Å². The Morgan fingerprint density at radius 2 is 0.970 bits per heavy atom. The van der Waals surface area contributed by atoms with E-state index in [0.29, 0.717) is 0 Å². The lowest BCUT2D eigenvalue weighted by Crippen LogP contribution is -2.39. The third kappa shape index (κ3) is 17.8. The van der Waals surface area contributed by atoms with Gasteiger partial charge < -0.3 is 9.11 Å². The Bertz CT molecular complexity index is 998. The predicted octanol–water partition coefficient (Wildman–Crippen LogP) is 2.02. The zero-order chi connectivity index (χ0) is 25.7. The van der Waals surface area contributed by atoms with E-state index in [1.54, 1.807) is 0 Å². The van der Waals surface area contributed by atoms with Crippen LogP contribution in [0.3, 0.4) is 0 Å². The van der Waals surface area contributed by atoms with Crippen LogP contribution >= 0.6 is 0 Å². The monoisotopic (exact) mass is 498 g/mol. The molecule has 0 bridgehead atoms. The normalized spacial score (nSPS) is 10.8. The van der Waals surface area contributed by atoms with Gasteiger partial charge in [0, 0.05) is 22.3 Å². The molecule has 2 aromatic rings. The molecular weight excluding hydrogens is 464 g/mol. The summed E-state index contributed by atoms with van der Waals surface area (Å²) in [4.78, 5) is 0. The average molecular weight is 499 g/mol. The van der Waals surface area contributed by atoms with Crippen LogP contribution in [0.25, 0.3) is 0 Å². The molecule has 0 aliphatic carbocycles. The number of rotatable bonds is 8. The van der Waals surface area contributed by atoms with Gasteiger partial charge in [0.05, 0.1) is 38.2 Å². The van der Waals surface area contributed by atoms with Gasteiger partial charge in [0.25, 0.3) is 0 Å². The van der Waals surface area contributed by atoms with Crippen LogP contribution in [0.4, 0.5) is 0 Å². The summed E-state index contributed by atoms with van der Waals surface area (Å²) in [6, 6.07) is 4.43. The maximum atomic E-state index is 9.60. The smallest absolute Gasteiger partial charge is 0.171 e. The van der Waals surface area contributed by atoms with Gasteiger partial charge in [-0.1, -0.05) is 12.2 Å². The van der Waals surface area contributed by atoms with Gasteiger partial charge in [-0.05, 0) is 39.8 Å². The number of aryl methyl sites for hydroxylation is 6. The van der Waals surface area contributed by atoms with Crippen molar-refractivity contribution in [2.45, 2.75) is 47.2 Å². The van der Waals surface area contributed by atoms with Crippen LogP contribution in [-0.2, 0) is 33.3 Å². The molecule has 0 saturated heterocycles. The molecule has 0 unspecified atom stereocenters. The second-order valence-electron chi connectivity index (χ2n) is 7.64.